The number of carboxylic acids is 1. The summed E-state index contributed by atoms with van der Waals surface area (Å²) in [6.07, 6.45) is 2.83. The zero-order valence-electron chi connectivity index (χ0n) is 20.8. The van der Waals surface area contributed by atoms with Gasteiger partial charge >= 0.3 is 5.97 Å². The van der Waals surface area contributed by atoms with Crippen molar-refractivity contribution >= 4 is 29.6 Å². The molecule has 0 bridgehead atoms. The van der Waals surface area contributed by atoms with Crippen LogP contribution in [0.3, 0.4) is 0 Å². The maximum Gasteiger partial charge on any atom is 0.326 e. The average Bonchev–Trinajstić information content (AvgIpc) is 2.79. The maximum absolute atomic E-state index is 13.1. The topological polar surface area (TPSA) is 246 Å². The van der Waals surface area contributed by atoms with E-state index in [2.05, 4.69) is 16.0 Å². The van der Waals surface area contributed by atoms with Crippen LogP contribution in [-0.4, -0.2) is 72.0 Å². The van der Waals surface area contributed by atoms with Crippen LogP contribution >= 0.6 is 0 Å². The van der Waals surface area contributed by atoms with E-state index in [9.17, 15) is 29.1 Å². The van der Waals surface area contributed by atoms with Gasteiger partial charge in [-0.1, -0.05) is 20.3 Å². The SMILES string of the molecule is CCC(C)C(NC(=O)C(CCCCN)NC(=O)C(N)CC(N)=O)C(=O)NC(CCCCN)C(=O)O. The van der Waals surface area contributed by atoms with Gasteiger partial charge in [-0.3, -0.25) is 19.2 Å². The highest BCUT2D eigenvalue weighted by molar-refractivity contribution is 5.95. The van der Waals surface area contributed by atoms with E-state index in [1.54, 1.807) is 6.92 Å². The highest BCUT2D eigenvalue weighted by atomic mass is 16.4. The van der Waals surface area contributed by atoms with Crippen LogP contribution in [-0.2, 0) is 24.0 Å². The number of carbonyl (C=O) groups excluding carboxylic acids is 4. The average molecular weight is 502 g/mol. The van der Waals surface area contributed by atoms with Crippen molar-refractivity contribution in [1.29, 1.82) is 0 Å². The fourth-order valence-corrected chi connectivity index (χ4v) is 3.32. The lowest BCUT2D eigenvalue weighted by Crippen LogP contribution is -2.58. The number of carboxylic acid groups (broad SMARTS) is 1. The Balaban J connectivity index is 5.52. The lowest BCUT2D eigenvalue weighted by atomic mass is 9.96. The summed E-state index contributed by atoms with van der Waals surface area (Å²) < 4.78 is 0. The summed E-state index contributed by atoms with van der Waals surface area (Å²) in [7, 11) is 0. The van der Waals surface area contributed by atoms with E-state index in [0.717, 1.165) is 0 Å². The highest BCUT2D eigenvalue weighted by Crippen LogP contribution is 2.11. The van der Waals surface area contributed by atoms with Gasteiger partial charge in [0.25, 0.3) is 0 Å². The molecule has 35 heavy (non-hydrogen) atoms. The summed E-state index contributed by atoms with van der Waals surface area (Å²) >= 11 is 0. The molecule has 0 saturated carbocycles. The molecule has 0 aromatic heterocycles. The Bertz CT molecular complexity index is 706. The van der Waals surface area contributed by atoms with Crippen LogP contribution in [0.15, 0.2) is 0 Å². The molecule has 0 saturated heterocycles. The monoisotopic (exact) mass is 501 g/mol. The second kappa shape index (κ2) is 17.6. The van der Waals surface area contributed by atoms with Crippen LogP contribution in [0.2, 0.25) is 0 Å². The van der Waals surface area contributed by atoms with E-state index >= 15 is 0 Å². The van der Waals surface area contributed by atoms with Gasteiger partial charge in [0, 0.05) is 0 Å². The summed E-state index contributed by atoms with van der Waals surface area (Å²) in [5.41, 5.74) is 21.7. The van der Waals surface area contributed by atoms with Crippen molar-refractivity contribution in [3.63, 3.8) is 0 Å². The Morgan fingerprint density at radius 3 is 1.77 bits per heavy atom. The number of rotatable bonds is 19. The fourth-order valence-electron chi connectivity index (χ4n) is 3.32. The predicted molar refractivity (Wildman–Crippen MR) is 130 cm³/mol. The normalized spacial score (nSPS) is 15.2. The predicted octanol–water partition coefficient (Wildman–Crippen LogP) is -1.97. The van der Waals surface area contributed by atoms with E-state index in [-0.39, 0.29) is 25.2 Å². The summed E-state index contributed by atoms with van der Waals surface area (Å²) in [6, 6.07) is -4.41. The molecule has 5 unspecified atom stereocenters. The van der Waals surface area contributed by atoms with Crippen LogP contribution in [0.1, 0.15) is 65.2 Å². The van der Waals surface area contributed by atoms with Crippen LogP contribution in [0.25, 0.3) is 0 Å². The standard InChI is InChI=1S/C22H43N7O6/c1-3-13(2)18(21(33)28-16(22(34)35)9-5-7-11-24)29-20(32)15(8-4-6-10-23)27-19(31)14(25)12-17(26)30/h13-16,18H,3-12,23-25H2,1-2H3,(H2,26,30)(H,27,31)(H,28,33)(H,29,32)(H,34,35). The summed E-state index contributed by atoms with van der Waals surface area (Å²) in [6.45, 7) is 4.38. The Kier molecular flexibility index (Phi) is 16.2. The minimum absolute atomic E-state index is 0.203. The van der Waals surface area contributed by atoms with Gasteiger partial charge in [-0.25, -0.2) is 4.79 Å². The highest BCUT2D eigenvalue weighted by Gasteiger charge is 2.32. The first-order chi connectivity index (χ1) is 16.5. The third-order valence-electron chi connectivity index (χ3n) is 5.69. The summed E-state index contributed by atoms with van der Waals surface area (Å²) in [5.74, 6) is -4.26. The van der Waals surface area contributed by atoms with Gasteiger partial charge in [-0.15, -0.1) is 0 Å². The summed E-state index contributed by atoms with van der Waals surface area (Å²) in [5, 5.41) is 17.1. The second-order valence-corrected chi connectivity index (χ2v) is 8.68. The molecule has 0 aromatic carbocycles. The molecule has 0 aliphatic heterocycles. The zero-order valence-corrected chi connectivity index (χ0v) is 20.8. The molecule has 12 N–H and O–H groups in total. The zero-order chi connectivity index (χ0) is 27.0. The van der Waals surface area contributed by atoms with E-state index in [0.29, 0.717) is 45.2 Å². The molecule has 0 aromatic rings. The van der Waals surface area contributed by atoms with Gasteiger partial charge in [0.2, 0.25) is 23.6 Å². The molecule has 4 amide bonds. The Morgan fingerprint density at radius 2 is 1.31 bits per heavy atom. The van der Waals surface area contributed by atoms with E-state index in [1.807, 2.05) is 6.92 Å². The van der Waals surface area contributed by atoms with Crippen LogP contribution in [0.5, 0.6) is 0 Å². The molecule has 13 nitrogen and oxygen atoms in total. The number of hydrogen-bond donors (Lipinski definition) is 8. The van der Waals surface area contributed by atoms with Crippen molar-refractivity contribution in [3.8, 4) is 0 Å². The van der Waals surface area contributed by atoms with E-state index in [1.165, 1.54) is 0 Å². The van der Waals surface area contributed by atoms with E-state index < -0.39 is 53.8 Å². The number of unbranched alkanes of at least 4 members (excludes halogenated alkanes) is 2. The first kappa shape index (κ1) is 32.2. The molecule has 13 heteroatoms. The Morgan fingerprint density at radius 1 is 0.800 bits per heavy atom. The number of aliphatic carboxylic acids is 1. The van der Waals surface area contributed by atoms with Crippen molar-refractivity contribution in [1.82, 2.24) is 16.0 Å². The first-order valence-electron chi connectivity index (χ1n) is 12.1. The molecule has 5 atom stereocenters. The number of primary amides is 1. The second-order valence-electron chi connectivity index (χ2n) is 8.68. The van der Waals surface area contributed by atoms with Crippen molar-refractivity contribution in [3.05, 3.63) is 0 Å². The number of hydrogen-bond acceptors (Lipinski definition) is 8. The molecular weight excluding hydrogens is 458 g/mol. The van der Waals surface area contributed by atoms with Gasteiger partial charge < -0.3 is 44.0 Å². The molecule has 202 valence electrons. The lowest BCUT2D eigenvalue weighted by Gasteiger charge is -2.28. The smallest absolute Gasteiger partial charge is 0.326 e. The van der Waals surface area contributed by atoms with Gasteiger partial charge in [-0.2, -0.15) is 0 Å². The van der Waals surface area contributed by atoms with Crippen LogP contribution in [0.4, 0.5) is 0 Å². The van der Waals surface area contributed by atoms with Crippen molar-refractivity contribution in [2.45, 2.75) is 89.4 Å². The molecule has 0 fully saturated rings. The number of amides is 4. The van der Waals surface area contributed by atoms with Crippen molar-refractivity contribution in [2.75, 3.05) is 13.1 Å². The minimum Gasteiger partial charge on any atom is -0.480 e. The van der Waals surface area contributed by atoms with Gasteiger partial charge in [0.05, 0.1) is 12.5 Å². The molecule has 0 radical (unpaired) electrons. The molecule has 0 aliphatic carbocycles. The number of carbonyl (C=O) groups is 5. The van der Waals surface area contributed by atoms with Gasteiger partial charge in [0.1, 0.15) is 18.1 Å². The van der Waals surface area contributed by atoms with Crippen molar-refractivity contribution in [2.24, 2.45) is 28.9 Å². The molecule has 0 spiro atoms. The maximum atomic E-state index is 13.1. The van der Waals surface area contributed by atoms with Gasteiger partial charge in [0.15, 0.2) is 0 Å². The number of nitrogens with two attached hydrogens (primary N) is 4. The largest absolute Gasteiger partial charge is 0.480 e. The Labute approximate surface area is 206 Å². The lowest BCUT2D eigenvalue weighted by molar-refractivity contribution is -0.143. The summed E-state index contributed by atoms with van der Waals surface area (Å²) in [4.78, 5) is 61.1. The third-order valence-corrected chi connectivity index (χ3v) is 5.69. The third kappa shape index (κ3) is 13.0. The fraction of sp³-hybridized carbons (Fsp3) is 0.773. The molecule has 0 aliphatic rings. The first-order valence-corrected chi connectivity index (χ1v) is 12.1. The molecular formula is C22H43N7O6. The Hall–Kier alpha value is -2.77. The minimum atomic E-state index is -1.23. The quantitative estimate of drug-likeness (QED) is 0.0913. The van der Waals surface area contributed by atoms with E-state index in [4.69, 9.17) is 22.9 Å². The van der Waals surface area contributed by atoms with Gasteiger partial charge in [-0.05, 0) is 57.5 Å². The number of nitrogens with one attached hydrogen (secondary N) is 3. The van der Waals surface area contributed by atoms with Crippen molar-refractivity contribution < 1.29 is 29.1 Å². The van der Waals surface area contributed by atoms with Crippen LogP contribution in [0, 0.1) is 5.92 Å². The molecule has 0 rings (SSSR count). The van der Waals surface area contributed by atoms with Crippen LogP contribution < -0.4 is 38.9 Å². The molecule has 0 heterocycles.